The maximum Gasteiger partial charge on any atom is 0.238 e. The van der Waals surface area contributed by atoms with Gasteiger partial charge in [-0.1, -0.05) is 206 Å². The van der Waals surface area contributed by atoms with E-state index in [9.17, 15) is 0 Å². The summed E-state index contributed by atoms with van der Waals surface area (Å²) in [5, 5.41) is 14.5. The van der Waals surface area contributed by atoms with Gasteiger partial charge in [-0.25, -0.2) is 4.98 Å². The normalized spacial score (nSPS) is 11.9. The van der Waals surface area contributed by atoms with Crippen molar-refractivity contribution in [2.75, 3.05) is 0 Å². The first-order chi connectivity index (χ1) is 32.7. The third-order valence-corrected chi connectivity index (χ3v) is 14.6. The first kappa shape index (κ1) is 36.9. The highest BCUT2D eigenvalue weighted by Gasteiger charge is 2.25. The van der Waals surface area contributed by atoms with Crippen LogP contribution in [0.3, 0.4) is 0 Å². The molecule has 0 unspecified atom stereocenters. The minimum Gasteiger partial charge on any atom is -0.277 e. The highest BCUT2D eigenvalue weighted by atomic mass is 32.1. The molecule has 0 amide bonds. The van der Waals surface area contributed by atoms with E-state index < -0.39 is 0 Å². The lowest BCUT2D eigenvalue weighted by Gasteiger charge is -2.15. The van der Waals surface area contributed by atoms with Gasteiger partial charge in [-0.2, -0.15) is 9.97 Å². The summed E-state index contributed by atoms with van der Waals surface area (Å²) in [6.45, 7) is 0. The minimum atomic E-state index is 0.567. The van der Waals surface area contributed by atoms with E-state index in [-0.39, 0.29) is 0 Å². The van der Waals surface area contributed by atoms with Crippen LogP contribution < -0.4 is 0 Å². The van der Waals surface area contributed by atoms with Crippen molar-refractivity contribution in [1.82, 2.24) is 19.5 Å². The van der Waals surface area contributed by atoms with E-state index in [4.69, 9.17) is 15.0 Å². The topological polar surface area (TPSA) is 43.6 Å². The summed E-state index contributed by atoms with van der Waals surface area (Å²) < 4.78 is 4.89. The van der Waals surface area contributed by atoms with Gasteiger partial charge in [0.25, 0.3) is 0 Å². The molecule has 0 aliphatic carbocycles. The van der Waals surface area contributed by atoms with E-state index in [1.807, 2.05) is 11.3 Å². The number of rotatable bonds is 5. The first-order valence-corrected chi connectivity index (χ1v) is 23.2. The van der Waals surface area contributed by atoms with Crippen LogP contribution in [0.2, 0.25) is 0 Å². The molecule has 0 atom stereocenters. The van der Waals surface area contributed by atoms with Gasteiger partial charge >= 0.3 is 0 Å². The summed E-state index contributed by atoms with van der Waals surface area (Å²) in [6, 6.07) is 78.5. The van der Waals surface area contributed by atoms with E-state index >= 15 is 0 Å². The minimum absolute atomic E-state index is 0.567. The molecule has 4 nitrogen and oxygen atoms in total. The van der Waals surface area contributed by atoms with Crippen molar-refractivity contribution in [2.24, 2.45) is 0 Å². The maximum atomic E-state index is 5.54. The summed E-state index contributed by atoms with van der Waals surface area (Å²) in [5.41, 5.74) is 8.58. The maximum absolute atomic E-state index is 5.54. The predicted octanol–water partition coefficient (Wildman–Crippen LogP) is 16.6. The van der Waals surface area contributed by atoms with Gasteiger partial charge in [0, 0.05) is 58.6 Å². The molecule has 3 heterocycles. The van der Waals surface area contributed by atoms with Gasteiger partial charge in [0.1, 0.15) is 0 Å². The third-order valence-electron chi connectivity index (χ3n) is 13.4. The van der Waals surface area contributed by atoms with E-state index in [0.717, 1.165) is 55.0 Å². The Morgan fingerprint density at radius 2 is 0.879 bits per heavy atom. The van der Waals surface area contributed by atoms with Crippen molar-refractivity contribution in [3.8, 4) is 51.0 Å². The number of para-hydroxylation sites is 1. The number of benzene rings is 11. The Morgan fingerprint density at radius 1 is 0.318 bits per heavy atom. The fraction of sp³-hybridized carbons (Fsp3) is 0. The Balaban J connectivity index is 1.12. The van der Waals surface area contributed by atoms with Crippen LogP contribution in [-0.4, -0.2) is 19.5 Å². The molecule has 0 saturated heterocycles. The lowest BCUT2D eigenvalue weighted by atomic mass is 9.95. The Hall–Kier alpha value is -8.51. The molecule has 306 valence electrons. The molecule has 0 radical (unpaired) electrons. The van der Waals surface area contributed by atoms with E-state index in [0.29, 0.717) is 17.6 Å². The Bertz CT molecular complexity index is 4280. The molecular weight excluding hydrogens is 821 g/mol. The number of thiophene rings is 1. The number of fused-ring (bicyclic) bond motifs is 14. The van der Waals surface area contributed by atoms with Gasteiger partial charge in [0.15, 0.2) is 11.6 Å². The van der Waals surface area contributed by atoms with Gasteiger partial charge < -0.3 is 0 Å². The van der Waals surface area contributed by atoms with E-state index in [1.165, 1.54) is 63.4 Å². The van der Waals surface area contributed by atoms with Crippen molar-refractivity contribution in [1.29, 1.82) is 0 Å². The number of nitrogens with zero attached hydrogens (tertiary/aromatic N) is 4. The molecule has 14 rings (SSSR count). The lowest BCUT2D eigenvalue weighted by molar-refractivity contribution is 0.956. The standard InChI is InChI=1S/C61H36N4S/c1-2-14-37(15-3-1)39-28-31-41(32-29-39)59-62-60(43-33-30-38-16-4-5-18-42(38)36-43)64-61(63-59)65-56-49(50-25-13-27-52-54-44-19-7-6-17-40(44)34-35-53(54)66-58(50)52)24-12-26-51(56)55-47-22-10-8-20-45(47)46-21-9-11-23-48(46)57(55)65/h1-36H. The highest BCUT2D eigenvalue weighted by molar-refractivity contribution is 7.26. The van der Waals surface area contributed by atoms with Crippen molar-refractivity contribution in [3.05, 3.63) is 218 Å². The Labute approximate surface area is 383 Å². The molecule has 0 aliphatic heterocycles. The predicted molar refractivity (Wildman–Crippen MR) is 279 cm³/mol. The van der Waals surface area contributed by atoms with Gasteiger partial charge in [0.2, 0.25) is 5.95 Å². The average Bonchev–Trinajstić information content (AvgIpc) is 3.96. The van der Waals surface area contributed by atoms with Gasteiger partial charge in [-0.15, -0.1) is 11.3 Å². The molecule has 11 aromatic carbocycles. The summed E-state index contributed by atoms with van der Waals surface area (Å²) in [7, 11) is 0. The van der Waals surface area contributed by atoms with Gasteiger partial charge in [0.05, 0.1) is 11.0 Å². The molecule has 5 heteroatoms. The largest absolute Gasteiger partial charge is 0.277 e. The summed E-state index contributed by atoms with van der Waals surface area (Å²) in [6.07, 6.45) is 0. The van der Waals surface area contributed by atoms with Crippen LogP contribution in [-0.2, 0) is 0 Å². The van der Waals surface area contributed by atoms with E-state index in [1.54, 1.807) is 0 Å². The molecule has 66 heavy (non-hydrogen) atoms. The van der Waals surface area contributed by atoms with Crippen molar-refractivity contribution in [3.63, 3.8) is 0 Å². The van der Waals surface area contributed by atoms with Crippen LogP contribution >= 0.6 is 11.3 Å². The quantitative estimate of drug-likeness (QED) is 0.162. The monoisotopic (exact) mass is 856 g/mol. The SMILES string of the molecule is c1ccc(-c2ccc(-c3nc(-c4ccc5ccccc5c4)nc(-n4c5c(-c6cccc7c6sc6ccc8ccccc8c67)cccc5c5c6ccccc6c6ccccc6c54)n3)cc2)cc1. The molecule has 3 aromatic heterocycles. The van der Waals surface area contributed by atoms with Crippen LogP contribution in [0.25, 0.3) is 136 Å². The van der Waals surface area contributed by atoms with Crippen molar-refractivity contribution < 1.29 is 0 Å². The Kier molecular flexibility index (Phi) is 8.12. The van der Waals surface area contributed by atoms with Crippen LogP contribution in [0.15, 0.2) is 218 Å². The number of hydrogen-bond acceptors (Lipinski definition) is 4. The zero-order chi connectivity index (χ0) is 43.3. The summed E-state index contributed by atoms with van der Waals surface area (Å²) >= 11 is 1.87. The van der Waals surface area contributed by atoms with Gasteiger partial charge in [-0.05, 0) is 61.0 Å². The van der Waals surface area contributed by atoms with Crippen LogP contribution in [0, 0.1) is 0 Å². The second-order valence-corrected chi connectivity index (χ2v) is 18.1. The Morgan fingerprint density at radius 3 is 1.68 bits per heavy atom. The molecular formula is C61H36N4S. The molecule has 0 spiro atoms. The smallest absolute Gasteiger partial charge is 0.238 e. The van der Waals surface area contributed by atoms with Crippen molar-refractivity contribution in [2.45, 2.75) is 0 Å². The molecule has 0 fully saturated rings. The molecule has 0 bridgehead atoms. The summed E-state index contributed by atoms with van der Waals surface area (Å²) in [5.74, 6) is 1.79. The second-order valence-electron chi connectivity index (χ2n) is 17.1. The molecule has 0 saturated carbocycles. The van der Waals surface area contributed by atoms with Crippen molar-refractivity contribution >= 4 is 96.4 Å². The zero-order valence-corrected chi connectivity index (χ0v) is 36.3. The fourth-order valence-corrected chi connectivity index (χ4v) is 11.7. The van der Waals surface area contributed by atoms with Gasteiger partial charge in [-0.3, -0.25) is 4.57 Å². The first-order valence-electron chi connectivity index (χ1n) is 22.3. The zero-order valence-electron chi connectivity index (χ0n) is 35.5. The fourth-order valence-electron chi connectivity index (χ4n) is 10.4. The van der Waals surface area contributed by atoms with E-state index in [2.05, 4.69) is 223 Å². The summed E-state index contributed by atoms with van der Waals surface area (Å²) in [4.78, 5) is 16.4. The lowest BCUT2D eigenvalue weighted by Crippen LogP contribution is -2.07. The third kappa shape index (κ3) is 5.60. The van der Waals surface area contributed by atoms with Crippen LogP contribution in [0.4, 0.5) is 0 Å². The molecule has 0 aliphatic rings. The molecule has 0 N–H and O–H groups in total. The average molecular weight is 857 g/mol. The second kappa shape index (κ2) is 14.5. The van der Waals surface area contributed by atoms with Crippen LogP contribution in [0.5, 0.6) is 0 Å². The number of hydrogen-bond donors (Lipinski definition) is 0. The highest BCUT2D eigenvalue weighted by Crippen LogP contribution is 2.48. The number of aromatic nitrogens is 4. The molecule has 14 aromatic rings. The van der Waals surface area contributed by atoms with Crippen LogP contribution in [0.1, 0.15) is 0 Å².